The van der Waals surface area contributed by atoms with E-state index in [0.717, 1.165) is 18.7 Å². The van der Waals surface area contributed by atoms with Gasteiger partial charge in [-0.1, -0.05) is 18.2 Å². The number of ether oxygens (including phenoxy) is 2. The zero-order chi connectivity index (χ0) is 33.9. The second kappa shape index (κ2) is 13.7. The van der Waals surface area contributed by atoms with E-state index in [2.05, 4.69) is 16.0 Å². The first-order chi connectivity index (χ1) is 21.7. The molecule has 0 aromatic heterocycles. The summed E-state index contributed by atoms with van der Waals surface area (Å²) in [7, 11) is 0. The number of carboxylic acid groups (broad SMARTS) is 1. The summed E-state index contributed by atoms with van der Waals surface area (Å²) in [4.78, 5) is 89.0. The summed E-state index contributed by atoms with van der Waals surface area (Å²) in [5.41, 5.74) is 0.387. The maximum atomic E-state index is 13.5. The van der Waals surface area contributed by atoms with Gasteiger partial charge in [0.25, 0.3) is 11.8 Å². The van der Waals surface area contributed by atoms with Gasteiger partial charge < -0.3 is 35.6 Å². The zero-order valence-electron chi connectivity index (χ0n) is 25.0. The predicted octanol–water partition coefficient (Wildman–Crippen LogP) is 0.977. The highest BCUT2D eigenvalue weighted by Crippen LogP contribution is 2.40. The van der Waals surface area contributed by atoms with Crippen molar-refractivity contribution in [3.05, 3.63) is 64.9 Å². The van der Waals surface area contributed by atoms with E-state index in [1.165, 1.54) is 61.2 Å². The molecule has 15 nitrogen and oxygen atoms in total. The van der Waals surface area contributed by atoms with Crippen molar-refractivity contribution in [1.82, 2.24) is 20.9 Å². The standard InChI is InChI=1S/C30H30N4O11S/c1-13-12-46-29-22(28(41)34(29)23(13)30(42)43)33-27(40)21(17-8-10-18(37)11-9-17)32-25(38)14(2)31-26(39)19-6-5-7-20(44-15(3)35)24(19)45-16(4)36/h5-11,14,21-22,29,37H,12H2,1-4H3,(H,31,39)(H,32,38)(H,33,40)(H,42,43). The Kier molecular flexibility index (Phi) is 10.00. The lowest BCUT2D eigenvalue weighted by molar-refractivity contribution is -0.151. The van der Waals surface area contributed by atoms with Gasteiger partial charge in [-0.05, 0) is 49.2 Å². The Balaban J connectivity index is 1.52. The third kappa shape index (κ3) is 7.12. The number of carbonyl (C=O) groups excluding carboxylic acids is 6. The average molecular weight is 655 g/mol. The number of para-hydroxylation sites is 1. The first kappa shape index (κ1) is 33.5. The second-order valence-electron chi connectivity index (χ2n) is 10.4. The molecule has 1 saturated heterocycles. The molecule has 0 bridgehead atoms. The molecule has 46 heavy (non-hydrogen) atoms. The quantitative estimate of drug-likeness (QED) is 0.138. The van der Waals surface area contributed by atoms with Crippen molar-refractivity contribution in [2.45, 2.75) is 51.2 Å². The van der Waals surface area contributed by atoms with Gasteiger partial charge in [0.05, 0.1) is 5.56 Å². The number of rotatable bonds is 10. The van der Waals surface area contributed by atoms with Crippen molar-refractivity contribution in [2.75, 3.05) is 5.75 Å². The Morgan fingerprint density at radius 2 is 1.61 bits per heavy atom. The summed E-state index contributed by atoms with van der Waals surface area (Å²) in [5.74, 6) is -6.23. The SMILES string of the molecule is CC(=O)Oc1cccc(C(=O)NC(C)C(=O)NC(C(=O)NC2C(=O)N3C(C(=O)O)=C(C)CSC23)c2ccc(O)cc2)c1OC(C)=O. The largest absolute Gasteiger partial charge is 0.508 e. The van der Waals surface area contributed by atoms with Gasteiger partial charge in [-0.3, -0.25) is 33.7 Å². The number of nitrogens with zero attached hydrogens (tertiary/aromatic N) is 1. The molecule has 4 unspecified atom stereocenters. The van der Waals surface area contributed by atoms with E-state index in [-0.39, 0.29) is 34.1 Å². The fourth-order valence-corrected chi connectivity index (χ4v) is 6.06. The van der Waals surface area contributed by atoms with Crippen LogP contribution in [0.1, 0.15) is 49.7 Å². The van der Waals surface area contributed by atoms with Gasteiger partial charge in [-0.25, -0.2) is 4.79 Å². The summed E-state index contributed by atoms with van der Waals surface area (Å²) in [6.45, 7) is 5.14. The zero-order valence-corrected chi connectivity index (χ0v) is 25.8. The molecule has 2 aromatic carbocycles. The summed E-state index contributed by atoms with van der Waals surface area (Å²) >= 11 is 1.28. The number of phenolic OH excluding ortho intramolecular Hbond substituents is 1. The van der Waals surface area contributed by atoms with Gasteiger partial charge in [0.1, 0.15) is 34.9 Å². The molecule has 0 aliphatic carbocycles. The summed E-state index contributed by atoms with van der Waals surface area (Å²) in [6.07, 6.45) is 0. The van der Waals surface area contributed by atoms with Gasteiger partial charge >= 0.3 is 17.9 Å². The lowest BCUT2D eigenvalue weighted by atomic mass is 10.0. The smallest absolute Gasteiger partial charge is 0.352 e. The lowest BCUT2D eigenvalue weighted by Gasteiger charge is -2.49. The van der Waals surface area contributed by atoms with Crippen molar-refractivity contribution < 1.29 is 53.2 Å². The van der Waals surface area contributed by atoms with E-state index < -0.39 is 65.0 Å². The first-order valence-corrected chi connectivity index (χ1v) is 14.8. The Morgan fingerprint density at radius 1 is 0.957 bits per heavy atom. The highest BCUT2D eigenvalue weighted by atomic mass is 32.2. The minimum absolute atomic E-state index is 0.110. The molecular weight excluding hydrogens is 624 g/mol. The lowest BCUT2D eigenvalue weighted by Crippen LogP contribution is -2.71. The minimum Gasteiger partial charge on any atom is -0.508 e. The highest BCUT2D eigenvalue weighted by Gasteiger charge is 2.54. The summed E-state index contributed by atoms with van der Waals surface area (Å²) in [6, 6.07) is 5.57. The van der Waals surface area contributed by atoms with Crippen LogP contribution in [-0.4, -0.2) is 79.9 Å². The van der Waals surface area contributed by atoms with Crippen LogP contribution in [0, 0.1) is 0 Å². The van der Waals surface area contributed by atoms with Crippen molar-refractivity contribution in [2.24, 2.45) is 0 Å². The summed E-state index contributed by atoms with van der Waals surface area (Å²) in [5, 5.41) is 26.2. The number of β-lactam (4-membered cyclic amide) rings is 1. The maximum absolute atomic E-state index is 13.5. The van der Waals surface area contributed by atoms with Crippen LogP contribution in [0.25, 0.3) is 0 Å². The van der Waals surface area contributed by atoms with Crippen molar-refractivity contribution >= 4 is 53.3 Å². The van der Waals surface area contributed by atoms with Crippen molar-refractivity contribution in [1.29, 1.82) is 0 Å². The van der Waals surface area contributed by atoms with Gasteiger partial charge in [0, 0.05) is 19.6 Å². The van der Waals surface area contributed by atoms with Crippen LogP contribution in [0.2, 0.25) is 0 Å². The summed E-state index contributed by atoms with van der Waals surface area (Å²) < 4.78 is 10.1. The number of esters is 2. The van der Waals surface area contributed by atoms with Crippen LogP contribution in [0.3, 0.4) is 0 Å². The number of aromatic hydroxyl groups is 1. The Bertz CT molecular complexity index is 1660. The van der Waals surface area contributed by atoms with Crippen LogP contribution >= 0.6 is 11.8 Å². The van der Waals surface area contributed by atoms with Gasteiger partial charge in [0.2, 0.25) is 11.8 Å². The molecule has 2 aromatic rings. The number of thioether (sulfide) groups is 1. The molecule has 2 aliphatic heterocycles. The average Bonchev–Trinajstić information content (AvgIpc) is 2.98. The van der Waals surface area contributed by atoms with Gasteiger partial charge in [0.15, 0.2) is 11.5 Å². The minimum atomic E-state index is -1.40. The van der Waals surface area contributed by atoms with Gasteiger partial charge in [-0.15, -0.1) is 11.8 Å². The molecule has 5 N–H and O–H groups in total. The number of carboxylic acids is 1. The molecule has 0 radical (unpaired) electrons. The molecule has 242 valence electrons. The molecular formula is C30H30N4O11S. The van der Waals surface area contributed by atoms with E-state index in [0.29, 0.717) is 11.3 Å². The number of phenols is 1. The van der Waals surface area contributed by atoms with E-state index in [9.17, 15) is 43.8 Å². The molecule has 0 spiro atoms. The molecule has 4 rings (SSSR count). The number of nitrogens with one attached hydrogen (secondary N) is 3. The highest BCUT2D eigenvalue weighted by molar-refractivity contribution is 8.00. The monoisotopic (exact) mass is 654 g/mol. The molecule has 0 saturated carbocycles. The molecule has 1 fully saturated rings. The number of amides is 4. The number of fused-ring (bicyclic) bond motifs is 1. The fraction of sp³-hybridized carbons (Fsp3) is 0.300. The third-order valence-corrected chi connectivity index (χ3v) is 8.32. The van der Waals surface area contributed by atoms with Crippen LogP contribution in [0.5, 0.6) is 17.2 Å². The van der Waals surface area contributed by atoms with Crippen LogP contribution in [-0.2, 0) is 28.8 Å². The van der Waals surface area contributed by atoms with Crippen molar-refractivity contribution in [3.8, 4) is 17.2 Å². The van der Waals surface area contributed by atoms with E-state index in [1.807, 2.05) is 0 Å². The molecule has 4 atom stereocenters. The van der Waals surface area contributed by atoms with Gasteiger partial charge in [-0.2, -0.15) is 0 Å². The van der Waals surface area contributed by atoms with Crippen LogP contribution < -0.4 is 25.4 Å². The van der Waals surface area contributed by atoms with E-state index in [1.54, 1.807) is 6.92 Å². The second-order valence-corrected chi connectivity index (χ2v) is 11.5. The van der Waals surface area contributed by atoms with Crippen molar-refractivity contribution in [3.63, 3.8) is 0 Å². The van der Waals surface area contributed by atoms with Crippen LogP contribution in [0.15, 0.2) is 53.7 Å². The number of hydrogen-bond donors (Lipinski definition) is 5. The van der Waals surface area contributed by atoms with E-state index in [4.69, 9.17) is 9.47 Å². The number of aliphatic carboxylic acids is 1. The normalized spacial score (nSPS) is 18.3. The third-order valence-electron chi connectivity index (χ3n) is 6.90. The van der Waals surface area contributed by atoms with Crippen LogP contribution in [0.4, 0.5) is 0 Å². The molecule has 2 heterocycles. The first-order valence-electron chi connectivity index (χ1n) is 13.8. The molecule has 16 heteroatoms. The Morgan fingerprint density at radius 3 is 2.22 bits per heavy atom. The maximum Gasteiger partial charge on any atom is 0.352 e. The molecule has 2 aliphatic rings. The number of hydrogen-bond acceptors (Lipinski definition) is 11. The topological polar surface area (TPSA) is 218 Å². The Hall–Kier alpha value is -5.38. The van der Waals surface area contributed by atoms with E-state index >= 15 is 0 Å². The Labute approximate surface area is 266 Å². The fourth-order valence-electron chi connectivity index (χ4n) is 4.77. The number of benzene rings is 2. The number of carbonyl (C=O) groups is 7. The predicted molar refractivity (Wildman–Crippen MR) is 160 cm³/mol. The molecule has 4 amide bonds.